The van der Waals surface area contributed by atoms with Gasteiger partial charge in [0.05, 0.1) is 0 Å². The number of benzene rings is 1. The fourth-order valence-electron chi connectivity index (χ4n) is 3.28. The first-order valence-electron chi connectivity index (χ1n) is 8.40. The molecular weight excluding hydrogens is 338 g/mol. The van der Waals surface area contributed by atoms with Gasteiger partial charge in [-0.1, -0.05) is 12.1 Å². The summed E-state index contributed by atoms with van der Waals surface area (Å²) in [5.74, 6) is 0.529. The lowest BCUT2D eigenvalue weighted by Crippen LogP contribution is -2.42. The normalized spacial score (nSPS) is 17.0. The molecule has 6 heteroatoms. The van der Waals surface area contributed by atoms with Crippen molar-refractivity contribution in [2.24, 2.45) is 5.92 Å². The molecule has 0 radical (unpaired) electrons. The number of likely N-dealkylation sites (tertiary alicyclic amines) is 1. The second-order valence-corrected chi connectivity index (χ2v) is 6.32. The third-order valence-electron chi connectivity index (χ3n) is 4.55. The molecule has 1 aromatic carbocycles. The summed E-state index contributed by atoms with van der Waals surface area (Å²) < 4.78 is 0. The molecule has 0 aliphatic carbocycles. The Morgan fingerprint density at radius 3 is 2.52 bits per heavy atom. The molecular formula is C19H24ClN3O2. The Kier molecular flexibility index (Phi) is 6.79. The van der Waals surface area contributed by atoms with Crippen LogP contribution in [0.15, 0.2) is 42.7 Å². The van der Waals surface area contributed by atoms with Crippen LogP contribution in [0.4, 0.5) is 0 Å². The van der Waals surface area contributed by atoms with Crippen LogP contribution in [0.1, 0.15) is 39.1 Å². The van der Waals surface area contributed by atoms with Gasteiger partial charge in [0, 0.05) is 42.2 Å². The van der Waals surface area contributed by atoms with E-state index in [1.54, 1.807) is 42.7 Å². The zero-order chi connectivity index (χ0) is 16.9. The van der Waals surface area contributed by atoms with Crippen LogP contribution in [0.25, 0.3) is 0 Å². The quantitative estimate of drug-likeness (QED) is 0.805. The summed E-state index contributed by atoms with van der Waals surface area (Å²) in [6.45, 7) is 2.54. The average Bonchev–Trinajstić information content (AvgIpc) is 3.16. The largest absolute Gasteiger partial charge is 0.367 e. The van der Waals surface area contributed by atoms with E-state index in [1.165, 1.54) is 0 Å². The first-order valence-corrected chi connectivity index (χ1v) is 8.40. The van der Waals surface area contributed by atoms with E-state index in [0.29, 0.717) is 22.6 Å². The third-order valence-corrected chi connectivity index (χ3v) is 4.55. The van der Waals surface area contributed by atoms with Crippen molar-refractivity contribution in [1.29, 1.82) is 0 Å². The smallest absolute Gasteiger partial charge is 0.253 e. The minimum atomic E-state index is -0.0395. The number of nitrogens with zero attached hydrogens (tertiary/aromatic N) is 1. The number of aromatic amines is 1. The van der Waals surface area contributed by atoms with Crippen LogP contribution < -0.4 is 5.32 Å². The van der Waals surface area contributed by atoms with Gasteiger partial charge in [0.1, 0.15) is 0 Å². The predicted octanol–water partition coefficient (Wildman–Crippen LogP) is 2.74. The second kappa shape index (κ2) is 8.83. The molecule has 1 amide bonds. The summed E-state index contributed by atoms with van der Waals surface area (Å²) in [5, 5.41) is 3.19. The number of amides is 1. The highest BCUT2D eigenvalue weighted by molar-refractivity contribution is 6.09. The van der Waals surface area contributed by atoms with Crippen LogP contribution in [0.2, 0.25) is 0 Å². The zero-order valence-corrected chi connectivity index (χ0v) is 15.1. The van der Waals surface area contributed by atoms with Crippen molar-refractivity contribution in [1.82, 2.24) is 15.2 Å². The van der Waals surface area contributed by atoms with Crippen LogP contribution in [0.5, 0.6) is 0 Å². The number of halogens is 1. The fraction of sp³-hybridized carbons (Fsp3) is 0.368. The molecule has 134 valence electrons. The number of hydrogen-bond donors (Lipinski definition) is 2. The average molecular weight is 362 g/mol. The van der Waals surface area contributed by atoms with Gasteiger partial charge in [-0.05, 0) is 50.6 Å². The van der Waals surface area contributed by atoms with Gasteiger partial charge >= 0.3 is 0 Å². The molecule has 1 unspecified atom stereocenters. The number of nitrogens with one attached hydrogen (secondary N) is 2. The lowest BCUT2D eigenvalue weighted by Gasteiger charge is -2.32. The molecule has 0 spiro atoms. The summed E-state index contributed by atoms with van der Waals surface area (Å²) in [6.07, 6.45) is 5.61. The van der Waals surface area contributed by atoms with E-state index in [2.05, 4.69) is 10.3 Å². The van der Waals surface area contributed by atoms with E-state index in [-0.39, 0.29) is 24.1 Å². The Morgan fingerprint density at radius 1 is 1.16 bits per heavy atom. The van der Waals surface area contributed by atoms with Crippen molar-refractivity contribution in [2.75, 3.05) is 26.7 Å². The molecule has 0 saturated carbocycles. The molecule has 3 rings (SSSR count). The van der Waals surface area contributed by atoms with Crippen molar-refractivity contribution in [2.45, 2.75) is 12.8 Å². The van der Waals surface area contributed by atoms with E-state index >= 15 is 0 Å². The maximum Gasteiger partial charge on any atom is 0.253 e. The predicted molar refractivity (Wildman–Crippen MR) is 100 cm³/mol. The number of ketones is 1. The lowest BCUT2D eigenvalue weighted by atomic mass is 9.97. The summed E-state index contributed by atoms with van der Waals surface area (Å²) >= 11 is 0. The van der Waals surface area contributed by atoms with Crippen LogP contribution in [-0.4, -0.2) is 48.3 Å². The number of rotatable bonds is 5. The summed E-state index contributed by atoms with van der Waals surface area (Å²) in [6, 6.07) is 8.72. The Labute approximate surface area is 154 Å². The molecule has 1 aromatic heterocycles. The van der Waals surface area contributed by atoms with Crippen LogP contribution in [0, 0.1) is 5.92 Å². The van der Waals surface area contributed by atoms with Gasteiger partial charge in [-0.3, -0.25) is 9.59 Å². The second-order valence-electron chi connectivity index (χ2n) is 6.32. The topological polar surface area (TPSA) is 65.2 Å². The van der Waals surface area contributed by atoms with Gasteiger partial charge in [0.2, 0.25) is 0 Å². The molecule has 25 heavy (non-hydrogen) atoms. The molecule has 1 fully saturated rings. The Balaban J connectivity index is 0.00000225. The van der Waals surface area contributed by atoms with Crippen LogP contribution in [0.3, 0.4) is 0 Å². The number of piperidine rings is 1. The molecule has 2 heterocycles. The minimum absolute atomic E-state index is 0. The SMILES string of the molecule is CNCC1CCCN(C(=O)c2ccc(C(=O)c3cc[nH]c3)cc2)C1.Cl. The first kappa shape index (κ1) is 19.2. The molecule has 2 aromatic rings. The highest BCUT2D eigenvalue weighted by atomic mass is 35.5. The van der Waals surface area contributed by atoms with Gasteiger partial charge in [-0.15, -0.1) is 12.4 Å². The molecule has 0 bridgehead atoms. The summed E-state index contributed by atoms with van der Waals surface area (Å²) in [5.41, 5.74) is 1.86. The summed E-state index contributed by atoms with van der Waals surface area (Å²) in [7, 11) is 1.95. The molecule has 1 aliphatic rings. The first-order chi connectivity index (χ1) is 11.7. The van der Waals surface area contributed by atoms with Gasteiger partial charge in [-0.25, -0.2) is 0 Å². The number of H-pyrrole nitrogens is 1. The standard InChI is InChI=1S/C19H23N3O2.ClH/c1-20-11-14-3-2-10-22(13-14)19(24)16-6-4-15(5-7-16)18(23)17-8-9-21-12-17;/h4-9,12,14,20-21H,2-3,10-11,13H2,1H3;1H. The number of aromatic nitrogens is 1. The van der Waals surface area contributed by atoms with E-state index in [1.807, 2.05) is 11.9 Å². The fourth-order valence-corrected chi connectivity index (χ4v) is 3.28. The van der Waals surface area contributed by atoms with Gasteiger partial charge in [-0.2, -0.15) is 0 Å². The van der Waals surface area contributed by atoms with Gasteiger partial charge < -0.3 is 15.2 Å². The Morgan fingerprint density at radius 2 is 1.88 bits per heavy atom. The molecule has 1 aliphatic heterocycles. The lowest BCUT2D eigenvalue weighted by molar-refractivity contribution is 0.0674. The molecule has 1 atom stereocenters. The van der Waals surface area contributed by atoms with Crippen molar-refractivity contribution in [3.05, 3.63) is 59.4 Å². The Bertz CT molecular complexity index is 696. The molecule has 1 saturated heterocycles. The summed E-state index contributed by atoms with van der Waals surface area (Å²) in [4.78, 5) is 29.8. The number of carbonyl (C=O) groups excluding carboxylic acids is 2. The number of hydrogen-bond acceptors (Lipinski definition) is 3. The molecule has 2 N–H and O–H groups in total. The van der Waals surface area contributed by atoms with E-state index in [0.717, 1.165) is 32.5 Å². The highest BCUT2D eigenvalue weighted by Crippen LogP contribution is 2.19. The van der Waals surface area contributed by atoms with Crippen molar-refractivity contribution >= 4 is 24.1 Å². The monoisotopic (exact) mass is 361 g/mol. The zero-order valence-electron chi connectivity index (χ0n) is 14.3. The van der Waals surface area contributed by atoms with Crippen LogP contribution in [-0.2, 0) is 0 Å². The van der Waals surface area contributed by atoms with Gasteiger partial charge in [0.25, 0.3) is 5.91 Å². The maximum absolute atomic E-state index is 12.7. The number of carbonyl (C=O) groups is 2. The molecule has 5 nitrogen and oxygen atoms in total. The van der Waals surface area contributed by atoms with Crippen molar-refractivity contribution in [3.8, 4) is 0 Å². The van der Waals surface area contributed by atoms with Gasteiger partial charge in [0.15, 0.2) is 5.78 Å². The van der Waals surface area contributed by atoms with E-state index < -0.39 is 0 Å². The van der Waals surface area contributed by atoms with E-state index in [4.69, 9.17) is 0 Å². The maximum atomic E-state index is 12.7. The Hall–Kier alpha value is -2.11. The van der Waals surface area contributed by atoms with E-state index in [9.17, 15) is 9.59 Å². The van der Waals surface area contributed by atoms with Crippen LogP contribution >= 0.6 is 12.4 Å². The van der Waals surface area contributed by atoms with Crippen molar-refractivity contribution < 1.29 is 9.59 Å². The van der Waals surface area contributed by atoms with Crippen molar-refractivity contribution in [3.63, 3.8) is 0 Å². The highest BCUT2D eigenvalue weighted by Gasteiger charge is 2.24. The third kappa shape index (κ3) is 4.50. The minimum Gasteiger partial charge on any atom is -0.367 e.